The number of ether oxygens (including phenoxy) is 1. The van der Waals surface area contributed by atoms with Gasteiger partial charge in [0.2, 0.25) is 0 Å². The van der Waals surface area contributed by atoms with Crippen LogP contribution in [0.5, 0.6) is 5.75 Å². The summed E-state index contributed by atoms with van der Waals surface area (Å²) in [4.78, 5) is 15.9. The molecule has 1 aromatic heterocycles. The molecule has 1 amide bonds. The number of benzene rings is 1. The molecular weight excluding hydrogens is 299 g/mol. The van der Waals surface area contributed by atoms with Crippen molar-refractivity contribution in [3.05, 3.63) is 52.8 Å². The number of aryl methyl sites for hydroxylation is 1. The van der Waals surface area contributed by atoms with Gasteiger partial charge in [-0.3, -0.25) is 9.78 Å². The first kappa shape index (κ1) is 16.3. The van der Waals surface area contributed by atoms with Crippen molar-refractivity contribution in [1.29, 1.82) is 0 Å². The minimum absolute atomic E-state index is 0. The maximum absolute atomic E-state index is 12.0. The number of aromatic nitrogens is 1. The van der Waals surface area contributed by atoms with Gasteiger partial charge in [-0.2, -0.15) is 0 Å². The third-order valence-electron chi connectivity index (χ3n) is 2.65. The number of amides is 1. The molecule has 2 rings (SSSR count). The Morgan fingerprint density at radius 3 is 2.75 bits per heavy atom. The molecule has 1 N–H and O–H groups in total. The van der Waals surface area contributed by atoms with Gasteiger partial charge in [0, 0.05) is 17.4 Å². The van der Waals surface area contributed by atoms with Crippen molar-refractivity contribution in [2.24, 2.45) is 0 Å². The lowest BCUT2D eigenvalue weighted by Gasteiger charge is -2.12. The van der Waals surface area contributed by atoms with Crippen molar-refractivity contribution >= 4 is 35.6 Å². The SMILES string of the molecule is COc1cc(C)c(Cl)cc1NC(=O)c1cccnc1.Cl. The van der Waals surface area contributed by atoms with Gasteiger partial charge in [-0.1, -0.05) is 11.6 Å². The predicted octanol–water partition coefficient (Wildman–Crippen LogP) is 3.73. The Labute approximate surface area is 128 Å². The Bertz CT molecular complexity index is 604. The van der Waals surface area contributed by atoms with Crippen molar-refractivity contribution in [1.82, 2.24) is 4.98 Å². The summed E-state index contributed by atoms with van der Waals surface area (Å²) in [6.45, 7) is 1.87. The molecule has 0 radical (unpaired) electrons. The monoisotopic (exact) mass is 312 g/mol. The number of hydrogen-bond donors (Lipinski definition) is 1. The van der Waals surface area contributed by atoms with Crippen LogP contribution in [-0.4, -0.2) is 18.0 Å². The van der Waals surface area contributed by atoms with E-state index in [1.54, 1.807) is 37.6 Å². The van der Waals surface area contributed by atoms with Crippen LogP contribution in [0.25, 0.3) is 0 Å². The smallest absolute Gasteiger partial charge is 0.257 e. The number of rotatable bonds is 3. The van der Waals surface area contributed by atoms with Crippen molar-refractivity contribution < 1.29 is 9.53 Å². The van der Waals surface area contributed by atoms with Crippen LogP contribution in [0.1, 0.15) is 15.9 Å². The zero-order valence-corrected chi connectivity index (χ0v) is 12.6. The van der Waals surface area contributed by atoms with Gasteiger partial charge in [0.25, 0.3) is 5.91 Å². The summed E-state index contributed by atoms with van der Waals surface area (Å²) in [6, 6.07) is 6.84. The third kappa shape index (κ3) is 3.62. The lowest BCUT2D eigenvalue weighted by atomic mass is 10.2. The summed E-state index contributed by atoms with van der Waals surface area (Å²) >= 11 is 6.05. The lowest BCUT2D eigenvalue weighted by Crippen LogP contribution is -2.13. The summed E-state index contributed by atoms with van der Waals surface area (Å²) in [5.74, 6) is 0.311. The molecule has 6 heteroatoms. The molecule has 106 valence electrons. The van der Waals surface area contributed by atoms with Gasteiger partial charge in [-0.25, -0.2) is 0 Å². The molecule has 1 aromatic carbocycles. The molecule has 0 fully saturated rings. The molecule has 0 bridgehead atoms. The summed E-state index contributed by atoms with van der Waals surface area (Å²) in [5.41, 5.74) is 1.89. The van der Waals surface area contributed by atoms with Gasteiger partial charge in [0.15, 0.2) is 0 Å². The van der Waals surface area contributed by atoms with Gasteiger partial charge in [-0.05, 0) is 36.8 Å². The van der Waals surface area contributed by atoms with E-state index in [1.807, 2.05) is 6.92 Å². The average molecular weight is 313 g/mol. The van der Waals surface area contributed by atoms with E-state index in [9.17, 15) is 4.79 Å². The zero-order chi connectivity index (χ0) is 13.8. The molecule has 0 atom stereocenters. The highest BCUT2D eigenvalue weighted by Crippen LogP contribution is 2.31. The highest BCUT2D eigenvalue weighted by Gasteiger charge is 2.11. The van der Waals surface area contributed by atoms with Crippen LogP contribution in [-0.2, 0) is 0 Å². The predicted molar refractivity (Wildman–Crippen MR) is 82.2 cm³/mol. The van der Waals surface area contributed by atoms with E-state index in [1.165, 1.54) is 6.20 Å². The first-order valence-electron chi connectivity index (χ1n) is 5.67. The second-order valence-corrected chi connectivity index (χ2v) is 4.40. The average Bonchev–Trinajstić information content (AvgIpc) is 2.43. The van der Waals surface area contributed by atoms with Gasteiger partial charge in [0.1, 0.15) is 5.75 Å². The first-order valence-corrected chi connectivity index (χ1v) is 6.05. The fraction of sp³-hybridized carbons (Fsp3) is 0.143. The Balaban J connectivity index is 0.00000200. The van der Waals surface area contributed by atoms with Crippen LogP contribution >= 0.6 is 24.0 Å². The summed E-state index contributed by atoms with van der Waals surface area (Å²) in [5, 5.41) is 3.33. The molecule has 0 unspecified atom stereocenters. The van der Waals surface area contributed by atoms with E-state index in [4.69, 9.17) is 16.3 Å². The van der Waals surface area contributed by atoms with Crippen LogP contribution in [0.15, 0.2) is 36.7 Å². The molecule has 0 aliphatic carbocycles. The van der Waals surface area contributed by atoms with Crippen molar-refractivity contribution in [3.63, 3.8) is 0 Å². The Morgan fingerprint density at radius 1 is 1.40 bits per heavy atom. The zero-order valence-electron chi connectivity index (χ0n) is 11.0. The molecule has 0 saturated carbocycles. The number of nitrogens with zero attached hydrogens (tertiary/aromatic N) is 1. The van der Waals surface area contributed by atoms with Crippen LogP contribution in [0.4, 0.5) is 5.69 Å². The highest BCUT2D eigenvalue weighted by atomic mass is 35.5. The standard InChI is InChI=1S/C14H13ClN2O2.ClH/c1-9-6-13(19-2)12(7-11(9)15)17-14(18)10-4-3-5-16-8-10;/h3-8H,1-2H3,(H,17,18);1H. The van der Waals surface area contributed by atoms with Crippen molar-refractivity contribution in [2.45, 2.75) is 6.92 Å². The number of carbonyl (C=O) groups excluding carboxylic acids is 1. The minimum Gasteiger partial charge on any atom is -0.495 e. The number of halogens is 2. The number of carbonyl (C=O) groups is 1. The Hall–Kier alpha value is -1.78. The van der Waals surface area contributed by atoms with E-state index < -0.39 is 0 Å². The quantitative estimate of drug-likeness (QED) is 0.939. The molecule has 20 heavy (non-hydrogen) atoms. The normalized spacial score (nSPS) is 9.55. The molecule has 0 aliphatic rings. The maximum atomic E-state index is 12.0. The molecule has 1 heterocycles. The van der Waals surface area contributed by atoms with E-state index >= 15 is 0 Å². The van der Waals surface area contributed by atoms with Crippen molar-refractivity contribution in [3.8, 4) is 5.75 Å². The fourth-order valence-electron chi connectivity index (χ4n) is 1.61. The topological polar surface area (TPSA) is 51.2 Å². The first-order chi connectivity index (χ1) is 9.11. The Kier molecular flexibility index (Phi) is 5.80. The highest BCUT2D eigenvalue weighted by molar-refractivity contribution is 6.31. The van der Waals surface area contributed by atoms with E-state index in [0.29, 0.717) is 22.0 Å². The number of pyridine rings is 1. The summed E-state index contributed by atoms with van der Waals surface area (Å²) < 4.78 is 5.23. The minimum atomic E-state index is -0.258. The lowest BCUT2D eigenvalue weighted by molar-refractivity contribution is 0.102. The Morgan fingerprint density at radius 2 is 2.15 bits per heavy atom. The van der Waals surface area contributed by atoms with Crippen LogP contribution < -0.4 is 10.1 Å². The largest absolute Gasteiger partial charge is 0.495 e. The van der Waals surface area contributed by atoms with Gasteiger partial charge in [-0.15, -0.1) is 12.4 Å². The van der Waals surface area contributed by atoms with Gasteiger partial charge < -0.3 is 10.1 Å². The molecule has 4 nitrogen and oxygen atoms in total. The van der Waals surface area contributed by atoms with E-state index in [-0.39, 0.29) is 18.3 Å². The van der Waals surface area contributed by atoms with Crippen LogP contribution in [0, 0.1) is 6.92 Å². The number of hydrogen-bond acceptors (Lipinski definition) is 3. The maximum Gasteiger partial charge on any atom is 0.257 e. The molecule has 0 spiro atoms. The number of nitrogens with one attached hydrogen (secondary N) is 1. The summed E-state index contributed by atoms with van der Waals surface area (Å²) in [6.07, 6.45) is 3.11. The third-order valence-corrected chi connectivity index (χ3v) is 3.06. The van der Waals surface area contributed by atoms with Gasteiger partial charge in [0.05, 0.1) is 18.4 Å². The second kappa shape index (κ2) is 7.12. The molecule has 2 aromatic rings. The number of anilines is 1. The van der Waals surface area contributed by atoms with Crippen molar-refractivity contribution in [2.75, 3.05) is 12.4 Å². The van der Waals surface area contributed by atoms with Gasteiger partial charge >= 0.3 is 0 Å². The van der Waals surface area contributed by atoms with Crippen LogP contribution in [0.3, 0.4) is 0 Å². The van der Waals surface area contributed by atoms with Crippen LogP contribution in [0.2, 0.25) is 5.02 Å². The summed E-state index contributed by atoms with van der Waals surface area (Å²) in [7, 11) is 1.54. The van der Waals surface area contributed by atoms with E-state index in [0.717, 1.165) is 5.56 Å². The fourth-order valence-corrected chi connectivity index (χ4v) is 1.78. The number of methoxy groups -OCH3 is 1. The second-order valence-electron chi connectivity index (χ2n) is 4.00. The molecule has 0 saturated heterocycles. The van der Waals surface area contributed by atoms with E-state index in [2.05, 4.69) is 10.3 Å². The molecule has 0 aliphatic heterocycles. The molecular formula is C14H14Cl2N2O2.